The van der Waals surface area contributed by atoms with Crippen molar-refractivity contribution in [1.29, 1.82) is 0 Å². The summed E-state index contributed by atoms with van der Waals surface area (Å²) in [6, 6.07) is 5.61. The highest BCUT2D eigenvalue weighted by Crippen LogP contribution is 2.57. The molecule has 0 spiro atoms. The maximum Gasteiger partial charge on any atom is 0.337 e. The maximum atomic E-state index is 11.3. The molecule has 0 radical (unpaired) electrons. The largest absolute Gasteiger partial charge is 0.478 e. The molecule has 0 bridgehead atoms. The number of aryl methyl sites for hydroxylation is 1. The molecule has 1 N–H and O–H groups in total. The van der Waals surface area contributed by atoms with Gasteiger partial charge in [-0.3, -0.25) is 0 Å². The molecule has 3 rings (SSSR count). The zero-order valence-electron chi connectivity index (χ0n) is 10.9. The van der Waals surface area contributed by atoms with Crippen LogP contribution in [0.5, 0.6) is 0 Å². The van der Waals surface area contributed by atoms with E-state index in [1.165, 1.54) is 12.8 Å². The van der Waals surface area contributed by atoms with Gasteiger partial charge in [0.05, 0.1) is 11.3 Å². The molecule has 96 valence electrons. The second-order valence-corrected chi connectivity index (χ2v) is 6.08. The van der Waals surface area contributed by atoms with Gasteiger partial charge < -0.3 is 10.0 Å². The van der Waals surface area contributed by atoms with E-state index in [1.54, 1.807) is 6.07 Å². The summed E-state index contributed by atoms with van der Waals surface area (Å²) in [5.41, 5.74) is 3.00. The van der Waals surface area contributed by atoms with Crippen molar-refractivity contribution in [1.82, 2.24) is 0 Å². The topological polar surface area (TPSA) is 40.5 Å². The van der Waals surface area contributed by atoms with Crippen molar-refractivity contribution in [3.8, 4) is 0 Å². The second-order valence-electron chi connectivity index (χ2n) is 6.08. The zero-order chi connectivity index (χ0) is 12.9. The number of hydrogen-bond acceptors (Lipinski definition) is 2. The number of hydrogen-bond donors (Lipinski definition) is 1. The quantitative estimate of drug-likeness (QED) is 0.871. The third-order valence-corrected chi connectivity index (χ3v) is 4.66. The fourth-order valence-electron chi connectivity index (χ4n) is 3.15. The van der Waals surface area contributed by atoms with Crippen LogP contribution >= 0.6 is 0 Å². The maximum absolute atomic E-state index is 11.3. The molecule has 1 heterocycles. The monoisotopic (exact) mass is 245 g/mol. The summed E-state index contributed by atoms with van der Waals surface area (Å²) < 4.78 is 0. The molecule has 0 aromatic heterocycles. The Kier molecular flexibility index (Phi) is 2.40. The zero-order valence-corrected chi connectivity index (χ0v) is 10.9. The number of piperidine rings is 1. The van der Waals surface area contributed by atoms with Crippen LogP contribution in [0.2, 0.25) is 0 Å². The van der Waals surface area contributed by atoms with Gasteiger partial charge in [-0.25, -0.2) is 4.79 Å². The molecule has 2 aliphatic rings. The van der Waals surface area contributed by atoms with Gasteiger partial charge in [0.25, 0.3) is 0 Å². The minimum Gasteiger partial charge on any atom is -0.478 e. The molecule has 3 nitrogen and oxygen atoms in total. The molecule has 18 heavy (non-hydrogen) atoms. The van der Waals surface area contributed by atoms with E-state index < -0.39 is 5.97 Å². The molecular weight excluding hydrogens is 226 g/mol. The van der Waals surface area contributed by atoms with Crippen LogP contribution in [0.25, 0.3) is 0 Å². The fraction of sp³-hybridized carbons (Fsp3) is 0.533. The van der Waals surface area contributed by atoms with E-state index in [0.29, 0.717) is 11.0 Å². The highest BCUT2D eigenvalue weighted by molar-refractivity contribution is 5.94. The average molecular weight is 245 g/mol. The number of anilines is 1. The standard InChI is InChI=1S/C15H19NO2/c1-10-3-4-12(14(17)18)13(7-10)16-6-5-15(2)8-11(15)9-16/h3-4,7,11H,5-6,8-9H2,1-2H3,(H,17,18). The Bertz CT molecular complexity index is 511. The van der Waals surface area contributed by atoms with E-state index in [2.05, 4.69) is 11.8 Å². The molecule has 1 aliphatic carbocycles. The molecule has 2 fully saturated rings. The predicted molar refractivity (Wildman–Crippen MR) is 71.2 cm³/mol. The minimum atomic E-state index is -0.825. The fourth-order valence-corrected chi connectivity index (χ4v) is 3.15. The van der Waals surface area contributed by atoms with Gasteiger partial charge >= 0.3 is 5.97 Å². The molecule has 1 aromatic carbocycles. The first-order valence-corrected chi connectivity index (χ1v) is 6.58. The number of carboxylic acid groups (broad SMARTS) is 1. The Morgan fingerprint density at radius 1 is 1.50 bits per heavy atom. The third-order valence-electron chi connectivity index (χ3n) is 4.66. The first-order valence-electron chi connectivity index (χ1n) is 6.58. The smallest absolute Gasteiger partial charge is 0.337 e. The van der Waals surface area contributed by atoms with Crippen LogP contribution in [0.3, 0.4) is 0 Å². The van der Waals surface area contributed by atoms with Gasteiger partial charge in [0.15, 0.2) is 0 Å². The lowest BCUT2D eigenvalue weighted by atomic mass is 9.96. The number of aromatic carboxylic acids is 1. The summed E-state index contributed by atoms with van der Waals surface area (Å²) >= 11 is 0. The van der Waals surface area contributed by atoms with Crippen molar-refractivity contribution < 1.29 is 9.90 Å². The summed E-state index contributed by atoms with van der Waals surface area (Å²) in [4.78, 5) is 13.6. The molecule has 1 aliphatic heterocycles. The van der Waals surface area contributed by atoms with Crippen LogP contribution in [0.4, 0.5) is 5.69 Å². The Morgan fingerprint density at radius 2 is 2.28 bits per heavy atom. The van der Waals surface area contributed by atoms with E-state index in [4.69, 9.17) is 0 Å². The van der Waals surface area contributed by atoms with Crippen molar-refractivity contribution in [2.75, 3.05) is 18.0 Å². The van der Waals surface area contributed by atoms with Crippen molar-refractivity contribution in [3.05, 3.63) is 29.3 Å². The summed E-state index contributed by atoms with van der Waals surface area (Å²) in [7, 11) is 0. The Hall–Kier alpha value is -1.51. The lowest BCUT2D eigenvalue weighted by molar-refractivity contribution is 0.0697. The Morgan fingerprint density at radius 3 is 2.94 bits per heavy atom. The van der Waals surface area contributed by atoms with Gasteiger partial charge in [-0.1, -0.05) is 13.0 Å². The van der Waals surface area contributed by atoms with Gasteiger partial charge in [-0.2, -0.15) is 0 Å². The molecular formula is C15H19NO2. The van der Waals surface area contributed by atoms with Crippen molar-refractivity contribution >= 4 is 11.7 Å². The van der Waals surface area contributed by atoms with E-state index in [9.17, 15) is 9.90 Å². The molecule has 1 saturated carbocycles. The normalized spacial score (nSPS) is 29.9. The summed E-state index contributed by atoms with van der Waals surface area (Å²) in [5, 5.41) is 9.29. The predicted octanol–water partition coefficient (Wildman–Crippen LogP) is 2.93. The number of benzene rings is 1. The molecule has 2 atom stereocenters. The molecule has 3 heteroatoms. The van der Waals surface area contributed by atoms with E-state index in [1.807, 2.05) is 19.1 Å². The van der Waals surface area contributed by atoms with Crippen molar-refractivity contribution in [2.45, 2.75) is 26.7 Å². The third kappa shape index (κ3) is 1.78. The van der Waals surface area contributed by atoms with Gasteiger partial charge in [0.1, 0.15) is 0 Å². The van der Waals surface area contributed by atoms with Crippen molar-refractivity contribution in [3.63, 3.8) is 0 Å². The number of carboxylic acids is 1. The van der Waals surface area contributed by atoms with E-state index in [0.717, 1.165) is 30.3 Å². The molecule has 1 saturated heterocycles. The van der Waals surface area contributed by atoms with Crippen LogP contribution in [0.1, 0.15) is 35.7 Å². The molecule has 1 aromatic rings. The molecule has 0 amide bonds. The van der Waals surface area contributed by atoms with Crippen LogP contribution in [0.15, 0.2) is 18.2 Å². The van der Waals surface area contributed by atoms with Crippen LogP contribution in [-0.2, 0) is 0 Å². The Labute approximate surface area is 107 Å². The van der Waals surface area contributed by atoms with Crippen molar-refractivity contribution in [2.24, 2.45) is 11.3 Å². The minimum absolute atomic E-state index is 0.435. The Balaban J connectivity index is 1.91. The lowest BCUT2D eigenvalue weighted by Gasteiger charge is -2.32. The van der Waals surface area contributed by atoms with Gasteiger partial charge in [-0.05, 0) is 48.8 Å². The number of carbonyl (C=O) groups is 1. The highest BCUT2D eigenvalue weighted by atomic mass is 16.4. The SMILES string of the molecule is Cc1ccc(C(=O)O)c(N2CCC3(C)CC3C2)c1. The first kappa shape index (κ1) is 11.6. The van der Waals surface area contributed by atoms with Crippen LogP contribution < -0.4 is 4.90 Å². The summed E-state index contributed by atoms with van der Waals surface area (Å²) in [5.74, 6) is -0.0671. The second kappa shape index (κ2) is 3.74. The number of fused-ring (bicyclic) bond motifs is 1. The highest BCUT2D eigenvalue weighted by Gasteiger charge is 2.52. The molecule has 2 unspecified atom stereocenters. The van der Waals surface area contributed by atoms with Gasteiger partial charge in [-0.15, -0.1) is 0 Å². The number of rotatable bonds is 2. The average Bonchev–Trinajstić information content (AvgIpc) is 2.99. The van der Waals surface area contributed by atoms with E-state index in [-0.39, 0.29) is 0 Å². The summed E-state index contributed by atoms with van der Waals surface area (Å²) in [6.07, 6.45) is 2.49. The first-order chi connectivity index (χ1) is 8.49. The number of nitrogens with zero attached hydrogens (tertiary/aromatic N) is 1. The summed E-state index contributed by atoms with van der Waals surface area (Å²) in [6.45, 7) is 6.36. The van der Waals surface area contributed by atoms with Gasteiger partial charge in [0.2, 0.25) is 0 Å². The van der Waals surface area contributed by atoms with Crippen LogP contribution in [-0.4, -0.2) is 24.2 Å². The van der Waals surface area contributed by atoms with E-state index >= 15 is 0 Å². The van der Waals surface area contributed by atoms with Gasteiger partial charge in [0, 0.05) is 13.1 Å². The lowest BCUT2D eigenvalue weighted by Crippen LogP contribution is -2.35. The van der Waals surface area contributed by atoms with Crippen LogP contribution in [0, 0.1) is 18.3 Å².